The van der Waals surface area contributed by atoms with Crippen molar-refractivity contribution < 1.29 is 5.11 Å². The van der Waals surface area contributed by atoms with Crippen LogP contribution in [-0.4, -0.2) is 29.6 Å². The van der Waals surface area contributed by atoms with E-state index in [1.165, 1.54) is 31.2 Å². The molecule has 0 unspecified atom stereocenters. The van der Waals surface area contributed by atoms with Crippen LogP contribution in [0.5, 0.6) is 0 Å². The lowest BCUT2D eigenvalue weighted by atomic mass is 9.73. The number of aliphatic hydroxyl groups is 1. The Morgan fingerprint density at radius 3 is 2.29 bits per heavy atom. The van der Waals surface area contributed by atoms with Gasteiger partial charge in [-0.15, -0.1) is 0 Å². The maximum Gasteiger partial charge on any atom is 0.153 e. The fourth-order valence-electron chi connectivity index (χ4n) is 4.88. The molecular weight excluding hydrogens is 342 g/mol. The molecule has 2 nitrogen and oxygen atoms in total. The quantitative estimate of drug-likeness (QED) is 0.767. The molecule has 0 amide bonds. The van der Waals surface area contributed by atoms with Gasteiger partial charge >= 0.3 is 0 Å². The van der Waals surface area contributed by atoms with E-state index in [1.54, 1.807) is 0 Å². The van der Waals surface area contributed by atoms with Crippen molar-refractivity contribution in [1.82, 2.24) is 4.90 Å². The average Bonchev–Trinajstić information content (AvgIpc) is 3.24. The number of nitrogens with zero attached hydrogens (tertiary/aromatic N) is 1. The van der Waals surface area contributed by atoms with Crippen LogP contribution in [0, 0.1) is 17.8 Å². The standard InChI is InChI=1S/C26H31NO/c28-26(24-13-6-2-7-14-24,25-15-8-3-9-16-25)18-10-19-27-20-17-23(21-27)22-11-4-1-5-12-22/h1-2,4-7,11-14,23,25,28H,3,8-9,15-17,19-21H2/t23-,26+/m1/s1. The van der Waals surface area contributed by atoms with E-state index in [0.717, 1.165) is 38.0 Å². The topological polar surface area (TPSA) is 23.5 Å². The number of hydrogen-bond donors (Lipinski definition) is 1. The van der Waals surface area contributed by atoms with Gasteiger partial charge in [0, 0.05) is 12.5 Å². The predicted octanol–water partition coefficient (Wildman–Crippen LogP) is 4.95. The van der Waals surface area contributed by atoms with E-state index in [1.807, 2.05) is 30.3 Å². The van der Waals surface area contributed by atoms with Gasteiger partial charge in [-0.2, -0.15) is 0 Å². The molecule has 2 fully saturated rings. The van der Waals surface area contributed by atoms with Crippen LogP contribution in [0.1, 0.15) is 55.6 Å². The van der Waals surface area contributed by atoms with Crippen molar-refractivity contribution in [2.24, 2.45) is 5.92 Å². The Balaban J connectivity index is 1.46. The molecular formula is C26H31NO. The zero-order valence-electron chi connectivity index (χ0n) is 16.7. The zero-order valence-corrected chi connectivity index (χ0v) is 16.7. The molecule has 1 aliphatic carbocycles. The van der Waals surface area contributed by atoms with Crippen molar-refractivity contribution in [1.29, 1.82) is 0 Å². The summed E-state index contributed by atoms with van der Waals surface area (Å²) < 4.78 is 0. The van der Waals surface area contributed by atoms with Crippen molar-refractivity contribution >= 4 is 0 Å². The van der Waals surface area contributed by atoms with Crippen molar-refractivity contribution in [2.75, 3.05) is 19.6 Å². The van der Waals surface area contributed by atoms with Crippen molar-refractivity contribution in [2.45, 2.75) is 50.0 Å². The lowest BCUT2D eigenvalue weighted by Crippen LogP contribution is -2.35. The number of benzene rings is 2. The first-order valence-corrected chi connectivity index (χ1v) is 10.8. The average molecular weight is 374 g/mol. The second-order valence-electron chi connectivity index (χ2n) is 8.40. The molecule has 0 radical (unpaired) electrons. The first-order chi connectivity index (χ1) is 13.8. The van der Waals surface area contributed by atoms with Crippen LogP contribution in [0.4, 0.5) is 0 Å². The van der Waals surface area contributed by atoms with Crippen molar-refractivity contribution in [3.05, 3.63) is 71.8 Å². The van der Waals surface area contributed by atoms with Gasteiger partial charge in [-0.1, -0.05) is 91.8 Å². The summed E-state index contributed by atoms with van der Waals surface area (Å²) in [6, 6.07) is 20.9. The normalized spacial score (nSPS) is 23.0. The Kier molecular flexibility index (Phi) is 6.15. The fourth-order valence-corrected chi connectivity index (χ4v) is 4.88. The maximum absolute atomic E-state index is 11.6. The molecule has 1 heterocycles. The lowest BCUT2D eigenvalue weighted by Gasteiger charge is -2.35. The summed E-state index contributed by atoms with van der Waals surface area (Å²) in [7, 11) is 0. The van der Waals surface area contributed by atoms with Gasteiger partial charge in [0.25, 0.3) is 0 Å². The summed E-state index contributed by atoms with van der Waals surface area (Å²) in [6.07, 6.45) is 7.01. The summed E-state index contributed by atoms with van der Waals surface area (Å²) in [4.78, 5) is 2.43. The van der Waals surface area contributed by atoms with Crippen LogP contribution in [0.15, 0.2) is 60.7 Å². The minimum atomic E-state index is -1.01. The van der Waals surface area contributed by atoms with Gasteiger partial charge < -0.3 is 5.11 Å². The fraction of sp³-hybridized carbons (Fsp3) is 0.462. The lowest BCUT2D eigenvalue weighted by molar-refractivity contribution is 0.0158. The monoisotopic (exact) mass is 373 g/mol. The highest BCUT2D eigenvalue weighted by Crippen LogP contribution is 2.39. The molecule has 28 heavy (non-hydrogen) atoms. The number of likely N-dealkylation sites (tertiary alicyclic amines) is 1. The second kappa shape index (κ2) is 8.95. The Hall–Kier alpha value is -2.08. The summed E-state index contributed by atoms with van der Waals surface area (Å²) in [6.45, 7) is 2.89. The molecule has 0 bridgehead atoms. The predicted molar refractivity (Wildman–Crippen MR) is 115 cm³/mol. The summed E-state index contributed by atoms with van der Waals surface area (Å²) >= 11 is 0. The van der Waals surface area contributed by atoms with Gasteiger partial charge in [0.2, 0.25) is 0 Å². The van der Waals surface area contributed by atoms with Crippen LogP contribution in [-0.2, 0) is 5.60 Å². The van der Waals surface area contributed by atoms with E-state index in [9.17, 15) is 5.11 Å². The molecule has 4 rings (SSSR count). The Morgan fingerprint density at radius 1 is 0.893 bits per heavy atom. The molecule has 0 aromatic heterocycles. The van der Waals surface area contributed by atoms with E-state index in [0.29, 0.717) is 5.92 Å². The molecule has 2 aromatic carbocycles. The number of rotatable bonds is 4. The minimum absolute atomic E-state index is 0.242. The summed E-state index contributed by atoms with van der Waals surface area (Å²) in [5.41, 5.74) is 1.37. The third kappa shape index (κ3) is 4.32. The van der Waals surface area contributed by atoms with E-state index in [2.05, 4.69) is 47.1 Å². The molecule has 2 atom stereocenters. The van der Waals surface area contributed by atoms with Crippen LogP contribution in [0.2, 0.25) is 0 Å². The third-order valence-electron chi connectivity index (χ3n) is 6.53. The zero-order chi connectivity index (χ0) is 19.2. The van der Waals surface area contributed by atoms with Crippen molar-refractivity contribution in [3.8, 4) is 11.8 Å². The maximum atomic E-state index is 11.6. The molecule has 2 heteroatoms. The van der Waals surface area contributed by atoms with E-state index >= 15 is 0 Å². The van der Waals surface area contributed by atoms with Crippen molar-refractivity contribution in [3.63, 3.8) is 0 Å². The molecule has 2 aliphatic rings. The molecule has 1 saturated heterocycles. The highest BCUT2D eigenvalue weighted by molar-refractivity contribution is 5.33. The molecule has 1 aliphatic heterocycles. The van der Waals surface area contributed by atoms with Gasteiger partial charge in [0.1, 0.15) is 0 Å². The van der Waals surface area contributed by atoms with Gasteiger partial charge in [0.15, 0.2) is 5.60 Å². The van der Waals surface area contributed by atoms with Gasteiger partial charge in [-0.25, -0.2) is 0 Å². The van der Waals surface area contributed by atoms with Crippen LogP contribution in [0.3, 0.4) is 0 Å². The largest absolute Gasteiger partial charge is 0.373 e. The molecule has 1 saturated carbocycles. The van der Waals surface area contributed by atoms with E-state index in [4.69, 9.17) is 0 Å². The molecule has 2 aromatic rings. The van der Waals surface area contributed by atoms with E-state index in [-0.39, 0.29) is 5.92 Å². The minimum Gasteiger partial charge on any atom is -0.373 e. The third-order valence-corrected chi connectivity index (χ3v) is 6.53. The first kappa shape index (κ1) is 19.2. The second-order valence-corrected chi connectivity index (χ2v) is 8.40. The van der Waals surface area contributed by atoms with Crippen LogP contribution in [0.25, 0.3) is 0 Å². The van der Waals surface area contributed by atoms with Gasteiger partial charge in [0.05, 0.1) is 6.54 Å². The van der Waals surface area contributed by atoms with Crippen LogP contribution >= 0.6 is 0 Å². The summed E-state index contributed by atoms with van der Waals surface area (Å²) in [5, 5.41) is 11.6. The first-order valence-electron chi connectivity index (χ1n) is 10.8. The van der Waals surface area contributed by atoms with E-state index < -0.39 is 5.60 Å². The molecule has 0 spiro atoms. The molecule has 146 valence electrons. The molecule has 1 N–H and O–H groups in total. The SMILES string of the molecule is O[C@@](C#CCN1CC[C@@H](c2ccccc2)C1)(c1ccccc1)C1CCCCC1. The smallest absolute Gasteiger partial charge is 0.153 e. The number of hydrogen-bond acceptors (Lipinski definition) is 2. The summed E-state index contributed by atoms with van der Waals surface area (Å²) in [5.74, 6) is 7.54. The Morgan fingerprint density at radius 2 is 1.57 bits per heavy atom. The van der Waals surface area contributed by atoms with Gasteiger partial charge in [-0.3, -0.25) is 4.90 Å². The Bertz CT molecular complexity index is 801. The highest BCUT2D eigenvalue weighted by Gasteiger charge is 2.37. The highest BCUT2D eigenvalue weighted by atomic mass is 16.3. The van der Waals surface area contributed by atoms with Crippen LogP contribution < -0.4 is 0 Å². The Labute approximate surface area is 169 Å². The van der Waals surface area contributed by atoms with Gasteiger partial charge in [-0.05, 0) is 42.9 Å².